The summed E-state index contributed by atoms with van der Waals surface area (Å²) in [5, 5.41) is 0. The van der Waals surface area contributed by atoms with Crippen LogP contribution in [0.2, 0.25) is 0 Å². The van der Waals surface area contributed by atoms with Gasteiger partial charge in [0, 0.05) is 11.3 Å². The van der Waals surface area contributed by atoms with Gasteiger partial charge in [-0.1, -0.05) is 36.4 Å². The topological polar surface area (TPSA) is 115 Å². The molecule has 4 aromatic rings. The van der Waals surface area contributed by atoms with Crippen LogP contribution >= 0.6 is 0 Å². The first-order valence-electron chi connectivity index (χ1n) is 8.68. The summed E-state index contributed by atoms with van der Waals surface area (Å²) in [4.78, 5) is 20.7. The number of benzene rings is 3. The van der Waals surface area contributed by atoms with E-state index >= 15 is 0 Å². The molecule has 29 heavy (non-hydrogen) atoms. The Bertz CT molecular complexity index is 1310. The lowest BCUT2D eigenvalue weighted by atomic mass is 10.1. The van der Waals surface area contributed by atoms with E-state index in [0.29, 0.717) is 28.0 Å². The maximum absolute atomic E-state index is 12.4. The number of rotatable bonds is 5. The lowest BCUT2D eigenvalue weighted by molar-refractivity contribution is 0.100. The zero-order chi connectivity index (χ0) is 20.4. The molecule has 0 aliphatic heterocycles. The van der Waals surface area contributed by atoms with E-state index in [-0.39, 0.29) is 4.90 Å². The van der Waals surface area contributed by atoms with Crippen LogP contribution in [0.5, 0.6) is 0 Å². The first-order chi connectivity index (χ1) is 13.9. The largest absolute Gasteiger partial charge is 0.366 e. The van der Waals surface area contributed by atoms with Crippen molar-refractivity contribution in [2.24, 2.45) is 5.73 Å². The number of para-hydroxylation sites is 1. The summed E-state index contributed by atoms with van der Waals surface area (Å²) in [5.41, 5.74) is 8.40. The van der Waals surface area contributed by atoms with E-state index in [1.807, 2.05) is 0 Å². The van der Waals surface area contributed by atoms with E-state index in [9.17, 15) is 13.2 Å². The average Bonchev–Trinajstić information content (AvgIpc) is 2.74. The fraction of sp³-hybridized carbons (Fsp3) is 0. The number of nitrogens with one attached hydrogen (secondary N) is 1. The number of nitrogens with two attached hydrogens (primary N) is 1. The zero-order valence-electron chi connectivity index (χ0n) is 15.1. The summed E-state index contributed by atoms with van der Waals surface area (Å²) in [6.07, 6.45) is 1.59. The van der Waals surface area contributed by atoms with Crippen molar-refractivity contribution in [3.63, 3.8) is 0 Å². The number of aromatic nitrogens is 2. The van der Waals surface area contributed by atoms with Gasteiger partial charge in [-0.15, -0.1) is 0 Å². The molecule has 3 aromatic carbocycles. The molecule has 8 heteroatoms. The summed E-state index contributed by atoms with van der Waals surface area (Å²) in [7, 11) is -3.66. The Morgan fingerprint density at radius 3 is 2.31 bits per heavy atom. The molecule has 3 N–H and O–H groups in total. The van der Waals surface area contributed by atoms with Crippen molar-refractivity contribution in [3.8, 4) is 11.3 Å². The third-order valence-electron chi connectivity index (χ3n) is 4.32. The number of nitrogens with zero attached hydrogens (tertiary/aromatic N) is 2. The van der Waals surface area contributed by atoms with E-state index in [4.69, 9.17) is 5.73 Å². The van der Waals surface area contributed by atoms with Crippen LogP contribution in [0.4, 0.5) is 5.69 Å². The minimum Gasteiger partial charge on any atom is -0.366 e. The smallest absolute Gasteiger partial charge is 0.261 e. The maximum atomic E-state index is 12.4. The van der Waals surface area contributed by atoms with E-state index in [1.54, 1.807) is 66.9 Å². The van der Waals surface area contributed by atoms with Crippen LogP contribution in [-0.2, 0) is 10.0 Å². The van der Waals surface area contributed by atoms with Gasteiger partial charge < -0.3 is 5.73 Å². The Morgan fingerprint density at radius 1 is 0.897 bits per heavy atom. The third-order valence-corrected chi connectivity index (χ3v) is 5.72. The molecular formula is C21H16N4O3S. The van der Waals surface area contributed by atoms with Crippen molar-refractivity contribution in [1.29, 1.82) is 0 Å². The number of hydrogen-bond donors (Lipinski definition) is 2. The molecule has 1 aromatic heterocycles. The first kappa shape index (κ1) is 18.6. The van der Waals surface area contributed by atoms with Gasteiger partial charge >= 0.3 is 0 Å². The maximum Gasteiger partial charge on any atom is 0.261 e. The molecule has 4 rings (SSSR count). The number of carbonyl (C=O) groups is 1. The molecule has 1 heterocycles. The van der Waals surface area contributed by atoms with Crippen molar-refractivity contribution in [2.45, 2.75) is 4.90 Å². The number of fused-ring (bicyclic) bond motifs is 1. The molecule has 7 nitrogen and oxygen atoms in total. The Hall–Kier alpha value is -3.78. The molecule has 144 valence electrons. The zero-order valence-corrected chi connectivity index (χ0v) is 15.9. The molecule has 0 atom stereocenters. The Balaban J connectivity index is 1.64. The van der Waals surface area contributed by atoms with Gasteiger partial charge in [0.2, 0.25) is 0 Å². The minimum absolute atomic E-state index is 0.184. The molecule has 0 aliphatic rings. The highest BCUT2D eigenvalue weighted by Crippen LogP contribution is 2.24. The van der Waals surface area contributed by atoms with Crippen molar-refractivity contribution >= 4 is 32.7 Å². The SMILES string of the molecule is NC(=O)c1cccc2ncc(-c3ccc(NS(=O)(=O)c4ccccc4)cc3)nc12. The standard InChI is InChI=1S/C21H16N4O3S/c22-21(26)17-7-4-8-18-20(17)24-19(13-23-18)14-9-11-15(12-10-14)25-29(27,28)16-5-2-1-3-6-16/h1-13,25H,(H2,22,26). The summed E-state index contributed by atoms with van der Waals surface area (Å²) >= 11 is 0. The average molecular weight is 404 g/mol. The minimum atomic E-state index is -3.66. The highest BCUT2D eigenvalue weighted by Gasteiger charge is 2.14. The summed E-state index contributed by atoms with van der Waals surface area (Å²) < 4.78 is 27.4. The summed E-state index contributed by atoms with van der Waals surface area (Å²) in [6, 6.07) is 19.9. The van der Waals surface area contributed by atoms with Gasteiger partial charge in [-0.05, 0) is 36.4 Å². The second kappa shape index (κ2) is 7.33. The number of amides is 1. The van der Waals surface area contributed by atoms with E-state index < -0.39 is 15.9 Å². The highest BCUT2D eigenvalue weighted by atomic mass is 32.2. The Labute approximate surface area is 167 Å². The molecule has 0 fully saturated rings. The van der Waals surface area contributed by atoms with Gasteiger partial charge in [0.25, 0.3) is 15.9 Å². The van der Waals surface area contributed by atoms with Crippen LogP contribution in [0.25, 0.3) is 22.3 Å². The van der Waals surface area contributed by atoms with Crippen molar-refractivity contribution in [2.75, 3.05) is 4.72 Å². The van der Waals surface area contributed by atoms with Gasteiger partial charge in [0.15, 0.2) is 0 Å². The molecule has 0 saturated heterocycles. The lowest BCUT2D eigenvalue weighted by Gasteiger charge is -2.09. The Morgan fingerprint density at radius 2 is 1.62 bits per heavy atom. The van der Waals surface area contributed by atoms with Crippen LogP contribution in [-0.4, -0.2) is 24.3 Å². The molecule has 1 amide bonds. The number of hydrogen-bond acceptors (Lipinski definition) is 5. The van der Waals surface area contributed by atoms with Crippen LogP contribution in [0.15, 0.2) is 83.9 Å². The highest BCUT2D eigenvalue weighted by molar-refractivity contribution is 7.92. The monoisotopic (exact) mass is 404 g/mol. The molecular weight excluding hydrogens is 388 g/mol. The van der Waals surface area contributed by atoms with Gasteiger partial charge in [0.1, 0.15) is 5.52 Å². The predicted molar refractivity (Wildman–Crippen MR) is 111 cm³/mol. The molecule has 0 saturated carbocycles. The second-order valence-corrected chi connectivity index (χ2v) is 7.97. The second-order valence-electron chi connectivity index (χ2n) is 6.29. The van der Waals surface area contributed by atoms with Gasteiger partial charge in [-0.2, -0.15) is 0 Å². The van der Waals surface area contributed by atoms with Crippen molar-refractivity contribution in [3.05, 3.63) is 84.6 Å². The Kier molecular flexibility index (Phi) is 4.69. The molecule has 0 aliphatic carbocycles. The number of carbonyl (C=O) groups excluding carboxylic acids is 1. The molecule has 0 radical (unpaired) electrons. The summed E-state index contributed by atoms with van der Waals surface area (Å²) in [5.74, 6) is -0.576. The number of anilines is 1. The van der Waals surface area contributed by atoms with E-state index in [1.165, 1.54) is 12.1 Å². The predicted octanol–water partition coefficient (Wildman–Crippen LogP) is 3.20. The van der Waals surface area contributed by atoms with Crippen molar-refractivity contribution in [1.82, 2.24) is 9.97 Å². The van der Waals surface area contributed by atoms with Crippen LogP contribution in [0.1, 0.15) is 10.4 Å². The van der Waals surface area contributed by atoms with Crippen molar-refractivity contribution < 1.29 is 13.2 Å². The van der Waals surface area contributed by atoms with Crippen LogP contribution < -0.4 is 10.5 Å². The molecule has 0 bridgehead atoms. The first-order valence-corrected chi connectivity index (χ1v) is 10.2. The quantitative estimate of drug-likeness (QED) is 0.530. The van der Waals surface area contributed by atoms with Crippen LogP contribution in [0.3, 0.4) is 0 Å². The van der Waals surface area contributed by atoms with Crippen LogP contribution in [0, 0.1) is 0 Å². The number of primary amides is 1. The fourth-order valence-electron chi connectivity index (χ4n) is 2.89. The molecule has 0 spiro atoms. The van der Waals surface area contributed by atoms with Gasteiger partial charge in [-0.3, -0.25) is 14.5 Å². The van der Waals surface area contributed by atoms with E-state index in [2.05, 4.69) is 14.7 Å². The lowest BCUT2D eigenvalue weighted by Crippen LogP contribution is -2.12. The van der Waals surface area contributed by atoms with Gasteiger partial charge in [0.05, 0.1) is 27.9 Å². The third kappa shape index (κ3) is 3.78. The molecule has 0 unspecified atom stereocenters. The summed E-state index contributed by atoms with van der Waals surface area (Å²) in [6.45, 7) is 0. The fourth-order valence-corrected chi connectivity index (χ4v) is 3.97. The normalized spacial score (nSPS) is 11.3. The van der Waals surface area contributed by atoms with E-state index in [0.717, 1.165) is 5.56 Å². The van der Waals surface area contributed by atoms with Gasteiger partial charge in [-0.25, -0.2) is 13.4 Å². The number of sulfonamides is 1.